The molecular weight excluding hydrogens is 240 g/mol. The molecule has 2 aromatic rings. The van der Waals surface area contributed by atoms with Gasteiger partial charge in [-0.2, -0.15) is 0 Å². The average Bonchev–Trinajstić information content (AvgIpc) is 2.88. The van der Waals surface area contributed by atoms with Gasteiger partial charge in [0, 0.05) is 11.1 Å². The Bertz CT molecular complexity index is 491. The van der Waals surface area contributed by atoms with Crippen molar-refractivity contribution in [1.29, 1.82) is 0 Å². The molecule has 96 valence electrons. The minimum absolute atomic E-state index is 0.275. The fourth-order valence-electron chi connectivity index (χ4n) is 2.09. The summed E-state index contributed by atoms with van der Waals surface area (Å²) in [4.78, 5) is 5.50. The molecule has 3 heteroatoms. The molecule has 0 amide bonds. The van der Waals surface area contributed by atoms with Crippen LogP contribution in [0.3, 0.4) is 0 Å². The van der Waals surface area contributed by atoms with E-state index in [1.165, 1.54) is 21.6 Å². The lowest BCUT2D eigenvalue weighted by Gasteiger charge is -2.20. The van der Waals surface area contributed by atoms with Crippen molar-refractivity contribution in [3.05, 3.63) is 51.5 Å². The molecule has 0 saturated heterocycles. The second-order valence-corrected chi connectivity index (χ2v) is 5.57. The minimum Gasteiger partial charge on any atom is -0.306 e. The molecule has 1 aromatic heterocycles. The van der Waals surface area contributed by atoms with Crippen LogP contribution in [0.2, 0.25) is 0 Å². The Kier molecular flexibility index (Phi) is 4.50. The summed E-state index contributed by atoms with van der Waals surface area (Å²) < 4.78 is 0. The maximum absolute atomic E-state index is 4.21. The second kappa shape index (κ2) is 6.12. The first-order valence-electron chi connectivity index (χ1n) is 6.41. The van der Waals surface area contributed by atoms with Gasteiger partial charge in [-0.15, -0.1) is 11.3 Å². The zero-order valence-corrected chi connectivity index (χ0v) is 12.1. The van der Waals surface area contributed by atoms with E-state index in [0.29, 0.717) is 0 Å². The van der Waals surface area contributed by atoms with Crippen LogP contribution < -0.4 is 5.32 Å². The van der Waals surface area contributed by atoms with E-state index in [0.717, 1.165) is 13.0 Å². The Balaban J connectivity index is 2.36. The summed E-state index contributed by atoms with van der Waals surface area (Å²) in [6, 6.07) is 6.93. The monoisotopic (exact) mass is 260 g/mol. The molecule has 0 radical (unpaired) electrons. The van der Waals surface area contributed by atoms with Crippen molar-refractivity contribution in [3.8, 4) is 0 Å². The molecule has 0 saturated carbocycles. The third kappa shape index (κ3) is 2.98. The van der Waals surface area contributed by atoms with Crippen LogP contribution in [0, 0.1) is 13.8 Å². The molecule has 2 rings (SSSR count). The van der Waals surface area contributed by atoms with Gasteiger partial charge in [0.05, 0.1) is 11.6 Å². The van der Waals surface area contributed by atoms with Gasteiger partial charge in [0.1, 0.15) is 0 Å². The standard InChI is InChI=1S/C15H20N2S/c1-4-7-17-15(14-9-16-10-18-14)13-8-11(2)5-6-12(13)3/h5-6,8-10,15,17H,4,7H2,1-3H3. The number of aromatic nitrogens is 1. The lowest BCUT2D eigenvalue weighted by atomic mass is 9.98. The molecule has 1 N–H and O–H groups in total. The molecule has 2 nitrogen and oxygen atoms in total. The van der Waals surface area contributed by atoms with Crippen molar-refractivity contribution in [3.63, 3.8) is 0 Å². The SMILES string of the molecule is CCCNC(c1cncs1)c1cc(C)ccc1C. The van der Waals surface area contributed by atoms with Gasteiger partial charge in [0.15, 0.2) is 0 Å². The predicted octanol–water partition coefficient (Wildman–Crippen LogP) is 3.85. The van der Waals surface area contributed by atoms with E-state index in [-0.39, 0.29) is 6.04 Å². The van der Waals surface area contributed by atoms with Crippen LogP contribution in [0.5, 0.6) is 0 Å². The smallest absolute Gasteiger partial charge is 0.0794 e. The molecular formula is C15H20N2S. The zero-order chi connectivity index (χ0) is 13.0. The summed E-state index contributed by atoms with van der Waals surface area (Å²) in [5, 5.41) is 3.63. The normalized spacial score (nSPS) is 12.6. The number of thiazole rings is 1. The molecule has 1 heterocycles. The summed E-state index contributed by atoms with van der Waals surface area (Å²) in [6.07, 6.45) is 3.11. The molecule has 0 fully saturated rings. The third-order valence-corrected chi connectivity index (χ3v) is 3.92. The highest BCUT2D eigenvalue weighted by atomic mass is 32.1. The molecule has 0 aliphatic heterocycles. The lowest BCUT2D eigenvalue weighted by molar-refractivity contribution is 0.602. The first-order chi connectivity index (χ1) is 8.72. The Morgan fingerprint density at radius 3 is 2.83 bits per heavy atom. The van der Waals surface area contributed by atoms with Crippen LogP contribution >= 0.6 is 11.3 Å². The van der Waals surface area contributed by atoms with Crippen LogP contribution in [-0.4, -0.2) is 11.5 Å². The number of benzene rings is 1. The van der Waals surface area contributed by atoms with Crippen molar-refractivity contribution < 1.29 is 0 Å². The van der Waals surface area contributed by atoms with E-state index in [9.17, 15) is 0 Å². The van der Waals surface area contributed by atoms with Gasteiger partial charge in [0.2, 0.25) is 0 Å². The molecule has 1 aromatic carbocycles. The summed E-state index contributed by atoms with van der Waals surface area (Å²) in [7, 11) is 0. The van der Waals surface area contributed by atoms with Crippen molar-refractivity contribution in [2.45, 2.75) is 33.2 Å². The maximum Gasteiger partial charge on any atom is 0.0794 e. The summed E-state index contributed by atoms with van der Waals surface area (Å²) in [6.45, 7) is 7.54. The number of nitrogens with one attached hydrogen (secondary N) is 1. The number of hydrogen-bond acceptors (Lipinski definition) is 3. The quantitative estimate of drug-likeness (QED) is 0.883. The van der Waals surface area contributed by atoms with E-state index in [1.807, 2.05) is 11.7 Å². The summed E-state index contributed by atoms with van der Waals surface area (Å²) in [5.74, 6) is 0. The second-order valence-electron chi connectivity index (χ2n) is 4.65. The largest absolute Gasteiger partial charge is 0.306 e. The van der Waals surface area contributed by atoms with Gasteiger partial charge in [-0.3, -0.25) is 4.98 Å². The minimum atomic E-state index is 0.275. The Morgan fingerprint density at radius 1 is 1.33 bits per heavy atom. The molecule has 1 unspecified atom stereocenters. The fraction of sp³-hybridized carbons (Fsp3) is 0.400. The van der Waals surface area contributed by atoms with Crippen LogP contribution in [0.25, 0.3) is 0 Å². The molecule has 0 spiro atoms. The highest BCUT2D eigenvalue weighted by Gasteiger charge is 2.16. The molecule has 18 heavy (non-hydrogen) atoms. The average molecular weight is 260 g/mol. The van der Waals surface area contributed by atoms with Crippen LogP contribution in [0.4, 0.5) is 0 Å². The molecule has 0 aliphatic rings. The first kappa shape index (κ1) is 13.2. The van der Waals surface area contributed by atoms with Crippen molar-refractivity contribution in [2.75, 3.05) is 6.54 Å². The third-order valence-electron chi connectivity index (χ3n) is 3.08. The van der Waals surface area contributed by atoms with Crippen LogP contribution in [0.1, 0.15) is 41.0 Å². The molecule has 0 aliphatic carbocycles. The number of hydrogen-bond donors (Lipinski definition) is 1. The van der Waals surface area contributed by atoms with E-state index >= 15 is 0 Å². The highest BCUT2D eigenvalue weighted by molar-refractivity contribution is 7.09. The van der Waals surface area contributed by atoms with Crippen molar-refractivity contribution >= 4 is 11.3 Å². The number of aryl methyl sites for hydroxylation is 2. The number of rotatable bonds is 5. The van der Waals surface area contributed by atoms with Gasteiger partial charge >= 0.3 is 0 Å². The lowest BCUT2D eigenvalue weighted by Crippen LogP contribution is -2.23. The van der Waals surface area contributed by atoms with Crippen LogP contribution in [0.15, 0.2) is 29.9 Å². The van der Waals surface area contributed by atoms with Gasteiger partial charge < -0.3 is 5.32 Å². The Labute approximate surface area is 113 Å². The Hall–Kier alpha value is -1.19. The van der Waals surface area contributed by atoms with Crippen LogP contribution in [-0.2, 0) is 0 Å². The van der Waals surface area contributed by atoms with Gasteiger partial charge in [-0.05, 0) is 37.9 Å². The van der Waals surface area contributed by atoms with E-state index < -0.39 is 0 Å². The maximum atomic E-state index is 4.21. The van der Waals surface area contributed by atoms with E-state index in [1.54, 1.807) is 11.3 Å². The van der Waals surface area contributed by atoms with Gasteiger partial charge in [0.25, 0.3) is 0 Å². The van der Waals surface area contributed by atoms with E-state index in [4.69, 9.17) is 0 Å². The predicted molar refractivity (Wildman–Crippen MR) is 78.2 cm³/mol. The summed E-state index contributed by atoms with van der Waals surface area (Å²) >= 11 is 1.72. The topological polar surface area (TPSA) is 24.9 Å². The Morgan fingerprint density at radius 2 is 2.17 bits per heavy atom. The summed E-state index contributed by atoms with van der Waals surface area (Å²) in [5.41, 5.74) is 5.92. The van der Waals surface area contributed by atoms with Gasteiger partial charge in [-0.25, -0.2) is 0 Å². The first-order valence-corrected chi connectivity index (χ1v) is 7.29. The highest BCUT2D eigenvalue weighted by Crippen LogP contribution is 2.28. The molecule has 0 bridgehead atoms. The fourth-order valence-corrected chi connectivity index (χ4v) is 2.80. The van der Waals surface area contributed by atoms with Crippen molar-refractivity contribution in [2.24, 2.45) is 0 Å². The van der Waals surface area contributed by atoms with Crippen molar-refractivity contribution in [1.82, 2.24) is 10.3 Å². The molecule has 1 atom stereocenters. The van der Waals surface area contributed by atoms with E-state index in [2.05, 4.69) is 49.3 Å². The number of nitrogens with zero attached hydrogens (tertiary/aromatic N) is 1. The van der Waals surface area contributed by atoms with Gasteiger partial charge in [-0.1, -0.05) is 30.7 Å². The zero-order valence-electron chi connectivity index (χ0n) is 11.2.